The van der Waals surface area contributed by atoms with Crippen molar-refractivity contribution in [1.29, 1.82) is 0 Å². The molecule has 0 unspecified atom stereocenters. The summed E-state index contributed by atoms with van der Waals surface area (Å²) in [5.41, 5.74) is 4.10. The topological polar surface area (TPSA) is 94.0 Å². The Bertz CT molecular complexity index is 948. The van der Waals surface area contributed by atoms with Crippen molar-refractivity contribution in [3.05, 3.63) is 35.8 Å². The minimum absolute atomic E-state index is 0.255. The van der Waals surface area contributed by atoms with Crippen LogP contribution >= 0.6 is 0 Å². The zero-order valence-electron chi connectivity index (χ0n) is 14.0. The highest BCUT2D eigenvalue weighted by Crippen LogP contribution is 2.24. The molecule has 0 aliphatic carbocycles. The Balaban J connectivity index is 1.72. The normalized spacial score (nSPS) is 13.5. The van der Waals surface area contributed by atoms with Gasteiger partial charge in [0.1, 0.15) is 17.9 Å². The molecule has 4 rings (SSSR count). The molecule has 1 aliphatic heterocycles. The quantitative estimate of drug-likeness (QED) is 0.746. The number of benzene rings is 1. The Morgan fingerprint density at radius 2 is 2.00 bits per heavy atom. The smallest absolute Gasteiger partial charge is 0.318 e. The molecule has 3 heterocycles. The number of aryl methyl sites for hydroxylation is 1. The number of aromatic nitrogens is 4. The van der Waals surface area contributed by atoms with Crippen LogP contribution in [0, 0.1) is 6.92 Å². The molecule has 0 atom stereocenters. The zero-order chi connectivity index (χ0) is 17.4. The van der Waals surface area contributed by atoms with Crippen molar-refractivity contribution in [1.82, 2.24) is 24.8 Å². The number of ether oxygens (including phenoxy) is 1. The Labute approximate surface area is 144 Å². The van der Waals surface area contributed by atoms with E-state index < -0.39 is 0 Å². The highest BCUT2D eigenvalue weighted by Gasteiger charge is 2.19. The van der Waals surface area contributed by atoms with E-state index in [1.165, 1.54) is 0 Å². The lowest BCUT2D eigenvalue weighted by atomic mass is 10.2. The van der Waals surface area contributed by atoms with Gasteiger partial charge in [0, 0.05) is 24.8 Å². The van der Waals surface area contributed by atoms with Crippen LogP contribution in [0.1, 0.15) is 11.5 Å². The van der Waals surface area contributed by atoms with E-state index in [0.717, 1.165) is 34.8 Å². The zero-order valence-corrected chi connectivity index (χ0v) is 14.0. The van der Waals surface area contributed by atoms with Crippen LogP contribution in [0.25, 0.3) is 22.6 Å². The van der Waals surface area contributed by atoms with Crippen LogP contribution in [0.3, 0.4) is 0 Å². The predicted molar refractivity (Wildman–Crippen MR) is 93.2 cm³/mol. The lowest BCUT2D eigenvalue weighted by Gasteiger charge is -2.14. The molecule has 2 aromatic heterocycles. The van der Waals surface area contributed by atoms with Crippen molar-refractivity contribution in [2.24, 2.45) is 0 Å². The molecule has 128 valence electrons. The maximum atomic E-state index is 11.4. The van der Waals surface area contributed by atoms with Gasteiger partial charge in [-0.1, -0.05) is 0 Å². The second-order valence-electron chi connectivity index (χ2n) is 5.82. The van der Waals surface area contributed by atoms with Gasteiger partial charge in [-0.2, -0.15) is 0 Å². The molecule has 0 saturated carbocycles. The van der Waals surface area contributed by atoms with Crippen molar-refractivity contribution in [3.8, 4) is 11.4 Å². The summed E-state index contributed by atoms with van der Waals surface area (Å²) in [5, 5.41) is 5.25. The summed E-state index contributed by atoms with van der Waals surface area (Å²) in [6, 6.07) is 7.18. The average Bonchev–Trinajstić information content (AvgIpc) is 3.02. The second kappa shape index (κ2) is 6.14. The third-order valence-corrected chi connectivity index (χ3v) is 4.17. The predicted octanol–water partition coefficient (Wildman–Crippen LogP) is 2.08. The molecule has 2 N–H and O–H groups in total. The third-order valence-electron chi connectivity index (χ3n) is 4.17. The first kappa shape index (κ1) is 15.5. The van der Waals surface area contributed by atoms with Gasteiger partial charge in [-0.15, -0.1) is 0 Å². The van der Waals surface area contributed by atoms with Crippen LogP contribution in [0.4, 0.5) is 10.5 Å². The van der Waals surface area contributed by atoms with Gasteiger partial charge in [-0.05, 0) is 31.2 Å². The van der Waals surface area contributed by atoms with E-state index in [1.54, 1.807) is 7.05 Å². The molecule has 0 spiro atoms. The van der Waals surface area contributed by atoms with Gasteiger partial charge in [-0.25, -0.2) is 19.7 Å². The van der Waals surface area contributed by atoms with Crippen LogP contribution in [-0.2, 0) is 17.9 Å². The van der Waals surface area contributed by atoms with E-state index in [2.05, 4.69) is 25.2 Å². The molecule has 1 aliphatic rings. The average molecular weight is 338 g/mol. The second-order valence-corrected chi connectivity index (χ2v) is 5.82. The fourth-order valence-electron chi connectivity index (χ4n) is 2.87. The molecule has 0 bridgehead atoms. The fraction of sp³-hybridized carbons (Fsp3) is 0.294. The van der Waals surface area contributed by atoms with Gasteiger partial charge in [0.05, 0.1) is 12.3 Å². The van der Waals surface area contributed by atoms with Crippen LogP contribution < -0.4 is 10.6 Å². The van der Waals surface area contributed by atoms with Crippen molar-refractivity contribution >= 4 is 22.9 Å². The summed E-state index contributed by atoms with van der Waals surface area (Å²) in [6.07, 6.45) is 0. The summed E-state index contributed by atoms with van der Waals surface area (Å²) in [5.74, 6) is 1.53. The number of nitrogens with one attached hydrogen (secondary N) is 2. The number of rotatable bonds is 2. The summed E-state index contributed by atoms with van der Waals surface area (Å²) >= 11 is 0. The molecule has 0 fully saturated rings. The van der Waals surface area contributed by atoms with Crippen LogP contribution in [0.15, 0.2) is 24.3 Å². The van der Waals surface area contributed by atoms with Gasteiger partial charge < -0.3 is 19.9 Å². The number of nitrogens with zero attached hydrogens (tertiary/aromatic N) is 4. The monoisotopic (exact) mass is 338 g/mol. The number of imidazole rings is 1. The molecule has 2 amide bonds. The number of hydrogen-bond acceptors (Lipinski definition) is 5. The van der Waals surface area contributed by atoms with Crippen molar-refractivity contribution in [2.45, 2.75) is 20.1 Å². The third kappa shape index (κ3) is 2.80. The molecule has 3 aromatic rings. The minimum Gasteiger partial charge on any atom is -0.372 e. The van der Waals surface area contributed by atoms with Gasteiger partial charge >= 0.3 is 6.03 Å². The molecule has 8 nitrogen and oxygen atoms in total. The van der Waals surface area contributed by atoms with Crippen molar-refractivity contribution in [3.63, 3.8) is 0 Å². The van der Waals surface area contributed by atoms with E-state index in [1.807, 2.05) is 31.2 Å². The Hall–Kier alpha value is -3.00. The summed E-state index contributed by atoms with van der Waals surface area (Å²) < 4.78 is 7.56. The van der Waals surface area contributed by atoms with Gasteiger partial charge in [0.25, 0.3) is 0 Å². The maximum Gasteiger partial charge on any atom is 0.318 e. The van der Waals surface area contributed by atoms with Crippen molar-refractivity contribution in [2.75, 3.05) is 19.0 Å². The highest BCUT2D eigenvalue weighted by atomic mass is 16.5. The molecule has 0 saturated heterocycles. The van der Waals surface area contributed by atoms with E-state index in [4.69, 9.17) is 9.72 Å². The van der Waals surface area contributed by atoms with E-state index >= 15 is 0 Å². The SMILES string of the molecule is CNC(=O)Nc1ccc(-c2nc(C)c3nc4n(c3n2)CCOC4)cc1. The summed E-state index contributed by atoms with van der Waals surface area (Å²) in [7, 11) is 1.58. The van der Waals surface area contributed by atoms with Crippen molar-refractivity contribution < 1.29 is 9.53 Å². The Morgan fingerprint density at radius 3 is 2.76 bits per heavy atom. The number of urea groups is 1. The highest BCUT2D eigenvalue weighted by molar-refractivity contribution is 5.89. The Morgan fingerprint density at radius 1 is 1.20 bits per heavy atom. The molecule has 1 aromatic carbocycles. The summed E-state index contributed by atoms with van der Waals surface area (Å²) in [4.78, 5) is 25.3. The van der Waals surface area contributed by atoms with E-state index in [-0.39, 0.29) is 6.03 Å². The first-order chi connectivity index (χ1) is 12.2. The van der Waals surface area contributed by atoms with Crippen LogP contribution in [0.2, 0.25) is 0 Å². The number of hydrogen-bond donors (Lipinski definition) is 2. The molecule has 8 heteroatoms. The van der Waals surface area contributed by atoms with Crippen LogP contribution in [0.5, 0.6) is 0 Å². The molecule has 0 radical (unpaired) electrons. The first-order valence-electron chi connectivity index (χ1n) is 8.06. The standard InChI is InChI=1S/C17H18N6O2/c1-10-14-16(23-7-8-25-9-13(23)21-14)22-15(19-10)11-3-5-12(6-4-11)20-17(24)18-2/h3-6H,7-9H2,1-2H3,(H2,18,20,24). The number of carbonyl (C=O) groups excluding carboxylic acids is 1. The lowest BCUT2D eigenvalue weighted by molar-refractivity contribution is 0.0828. The largest absolute Gasteiger partial charge is 0.372 e. The molecular formula is C17H18N6O2. The van der Waals surface area contributed by atoms with Gasteiger partial charge in [0.2, 0.25) is 0 Å². The first-order valence-corrected chi connectivity index (χ1v) is 8.06. The summed E-state index contributed by atoms with van der Waals surface area (Å²) in [6.45, 7) is 3.85. The molecule has 25 heavy (non-hydrogen) atoms. The van der Waals surface area contributed by atoms with E-state index in [9.17, 15) is 4.79 Å². The fourth-order valence-corrected chi connectivity index (χ4v) is 2.87. The molecular weight excluding hydrogens is 320 g/mol. The number of fused-ring (bicyclic) bond motifs is 3. The number of amides is 2. The number of anilines is 1. The van der Waals surface area contributed by atoms with Gasteiger partial charge in [0.15, 0.2) is 11.5 Å². The maximum absolute atomic E-state index is 11.4. The van der Waals surface area contributed by atoms with Gasteiger partial charge in [-0.3, -0.25) is 0 Å². The Kier molecular flexibility index (Phi) is 3.81. The number of carbonyl (C=O) groups is 1. The minimum atomic E-state index is -0.255. The lowest BCUT2D eigenvalue weighted by Crippen LogP contribution is -2.24. The van der Waals surface area contributed by atoms with Crippen LogP contribution in [-0.4, -0.2) is 39.2 Å². The van der Waals surface area contributed by atoms with E-state index in [0.29, 0.717) is 24.7 Å².